The highest BCUT2D eigenvalue weighted by Gasteiger charge is 2.17. The fourth-order valence-corrected chi connectivity index (χ4v) is 2.82. The lowest BCUT2D eigenvalue weighted by Gasteiger charge is -2.08. The van der Waals surface area contributed by atoms with Crippen LogP contribution in [0.3, 0.4) is 0 Å². The first-order chi connectivity index (χ1) is 11.6. The highest BCUT2D eigenvalue weighted by atomic mass is 79.9. The number of rotatable bonds is 5. The van der Waals surface area contributed by atoms with Crippen molar-refractivity contribution in [1.82, 2.24) is 0 Å². The van der Waals surface area contributed by atoms with Crippen molar-refractivity contribution in [2.75, 3.05) is 5.32 Å². The van der Waals surface area contributed by atoms with Gasteiger partial charge in [-0.25, -0.2) is 0 Å². The molecule has 6 heteroatoms. The second-order valence-corrected chi connectivity index (χ2v) is 6.28. The van der Waals surface area contributed by atoms with E-state index in [0.29, 0.717) is 16.3 Å². The van der Waals surface area contributed by atoms with E-state index < -0.39 is 0 Å². The summed E-state index contributed by atoms with van der Waals surface area (Å²) in [6.45, 7) is 0.233. The number of carbonyl (C=O) groups excluding carboxylic acids is 1. The lowest BCUT2D eigenvalue weighted by Crippen LogP contribution is -2.14. The van der Waals surface area contributed by atoms with Gasteiger partial charge in [-0.1, -0.05) is 45.7 Å². The van der Waals surface area contributed by atoms with Gasteiger partial charge in [-0.3, -0.25) is 4.79 Å². The molecule has 0 atom stereocenters. The minimum absolute atomic E-state index is 0.199. The van der Waals surface area contributed by atoms with Crippen molar-refractivity contribution in [3.63, 3.8) is 0 Å². The molecule has 0 aliphatic heterocycles. The summed E-state index contributed by atoms with van der Waals surface area (Å²) in [6.07, 6.45) is 1.46. The number of amides is 1. The van der Waals surface area contributed by atoms with E-state index in [9.17, 15) is 4.79 Å². The smallest absolute Gasteiger partial charge is 0.291 e. The van der Waals surface area contributed by atoms with Crippen molar-refractivity contribution in [2.24, 2.45) is 0 Å². The average Bonchev–Trinajstić information content (AvgIpc) is 3.05. The van der Waals surface area contributed by atoms with Crippen LogP contribution in [0.15, 0.2) is 69.8 Å². The van der Waals surface area contributed by atoms with Gasteiger partial charge in [0.05, 0.1) is 17.0 Å². The Morgan fingerprint density at radius 1 is 1.17 bits per heavy atom. The number of ether oxygens (including phenoxy) is 1. The minimum atomic E-state index is -0.379. The molecule has 0 unspecified atom stereocenters. The molecule has 0 saturated carbocycles. The van der Waals surface area contributed by atoms with E-state index in [4.69, 9.17) is 20.8 Å². The summed E-state index contributed by atoms with van der Waals surface area (Å²) in [4.78, 5) is 12.4. The number of benzene rings is 2. The van der Waals surface area contributed by atoms with E-state index in [-0.39, 0.29) is 18.3 Å². The number of hydrogen-bond acceptors (Lipinski definition) is 3. The van der Waals surface area contributed by atoms with Crippen LogP contribution in [-0.2, 0) is 6.61 Å². The maximum Gasteiger partial charge on any atom is 0.291 e. The molecule has 0 bridgehead atoms. The van der Waals surface area contributed by atoms with Crippen LogP contribution in [0.2, 0.25) is 5.02 Å². The van der Waals surface area contributed by atoms with Crippen molar-refractivity contribution >= 4 is 39.1 Å². The second kappa shape index (κ2) is 7.55. The summed E-state index contributed by atoms with van der Waals surface area (Å²) in [5.41, 5.74) is 1.17. The molecule has 0 aliphatic rings. The molecule has 122 valence electrons. The molecular formula is C18H13BrClNO3. The molecule has 0 spiro atoms. The quantitative estimate of drug-likeness (QED) is 0.606. The maximum absolute atomic E-state index is 12.4. The van der Waals surface area contributed by atoms with Gasteiger partial charge in [0, 0.05) is 10.0 Å². The summed E-state index contributed by atoms with van der Waals surface area (Å²) in [5.74, 6) is 0.543. The maximum atomic E-state index is 12.4. The summed E-state index contributed by atoms with van der Waals surface area (Å²) in [5, 5.41) is 3.17. The number of anilines is 1. The predicted molar refractivity (Wildman–Crippen MR) is 96.6 cm³/mol. The average molecular weight is 407 g/mol. The van der Waals surface area contributed by atoms with E-state index in [1.807, 2.05) is 30.3 Å². The van der Waals surface area contributed by atoms with Crippen LogP contribution in [-0.4, -0.2) is 5.91 Å². The van der Waals surface area contributed by atoms with E-state index in [1.54, 1.807) is 24.3 Å². The summed E-state index contributed by atoms with van der Waals surface area (Å²) >= 11 is 9.44. The normalized spacial score (nSPS) is 10.4. The van der Waals surface area contributed by atoms with Gasteiger partial charge in [0.15, 0.2) is 5.76 Å². The van der Waals surface area contributed by atoms with E-state index in [2.05, 4.69) is 21.2 Å². The van der Waals surface area contributed by atoms with Crippen molar-refractivity contribution in [3.8, 4) is 5.75 Å². The first-order valence-electron chi connectivity index (χ1n) is 7.14. The van der Waals surface area contributed by atoms with E-state index in [0.717, 1.165) is 10.2 Å². The van der Waals surface area contributed by atoms with Crippen LogP contribution < -0.4 is 10.1 Å². The summed E-state index contributed by atoms with van der Waals surface area (Å²) in [7, 11) is 0. The highest BCUT2D eigenvalue weighted by molar-refractivity contribution is 9.10. The van der Waals surface area contributed by atoms with Crippen LogP contribution in [0.1, 0.15) is 16.1 Å². The second-order valence-electron chi connectivity index (χ2n) is 4.95. The van der Waals surface area contributed by atoms with Gasteiger partial charge >= 0.3 is 0 Å². The molecule has 1 N–H and O–H groups in total. The Bertz CT molecular complexity index is 848. The Balaban J connectivity index is 1.71. The van der Waals surface area contributed by atoms with Crippen LogP contribution >= 0.6 is 27.5 Å². The predicted octanol–water partition coefficient (Wildman–Crippen LogP) is 5.53. The molecule has 0 radical (unpaired) electrons. The van der Waals surface area contributed by atoms with Gasteiger partial charge in [0.2, 0.25) is 0 Å². The highest BCUT2D eigenvalue weighted by Crippen LogP contribution is 2.26. The molecule has 4 nitrogen and oxygen atoms in total. The van der Waals surface area contributed by atoms with Gasteiger partial charge in [-0.15, -0.1) is 0 Å². The van der Waals surface area contributed by atoms with Crippen molar-refractivity contribution in [1.29, 1.82) is 0 Å². The van der Waals surface area contributed by atoms with Crippen molar-refractivity contribution < 1.29 is 13.9 Å². The Kier molecular flexibility index (Phi) is 5.23. The molecule has 0 aliphatic carbocycles. The van der Waals surface area contributed by atoms with Gasteiger partial charge < -0.3 is 14.5 Å². The zero-order valence-electron chi connectivity index (χ0n) is 12.5. The van der Waals surface area contributed by atoms with E-state index in [1.165, 1.54) is 6.26 Å². The number of furan rings is 1. The molecule has 3 rings (SSSR count). The molecule has 0 fully saturated rings. The lowest BCUT2D eigenvalue weighted by atomic mass is 10.2. The SMILES string of the molecule is O=C(Nc1ccc(Br)cc1Cl)c1occc1COc1ccccc1. The van der Waals surface area contributed by atoms with Gasteiger partial charge in [0.25, 0.3) is 5.91 Å². The third kappa shape index (κ3) is 3.99. The number of halogens is 2. The van der Waals surface area contributed by atoms with Gasteiger partial charge in [0.1, 0.15) is 12.4 Å². The third-order valence-corrected chi connectivity index (χ3v) is 4.08. The topological polar surface area (TPSA) is 51.5 Å². The molecule has 1 amide bonds. The van der Waals surface area contributed by atoms with Crippen molar-refractivity contribution in [3.05, 3.63) is 81.7 Å². The Hall–Kier alpha value is -2.24. The standard InChI is InChI=1S/C18H13BrClNO3/c19-13-6-7-16(15(20)10-13)21-18(22)17-12(8-9-23-17)11-24-14-4-2-1-3-5-14/h1-10H,11H2,(H,21,22). The number of nitrogens with one attached hydrogen (secondary N) is 1. The molecule has 1 heterocycles. The molecule has 2 aromatic carbocycles. The lowest BCUT2D eigenvalue weighted by molar-refractivity contribution is 0.0993. The minimum Gasteiger partial charge on any atom is -0.489 e. The molecule has 24 heavy (non-hydrogen) atoms. The van der Waals surface area contributed by atoms with Crippen LogP contribution in [0.5, 0.6) is 5.75 Å². The molecular weight excluding hydrogens is 394 g/mol. The Labute approximate surface area is 152 Å². The summed E-state index contributed by atoms with van der Waals surface area (Å²) in [6, 6.07) is 16.3. The Morgan fingerprint density at radius 3 is 2.71 bits per heavy atom. The van der Waals surface area contributed by atoms with Gasteiger partial charge in [-0.2, -0.15) is 0 Å². The molecule has 0 saturated heterocycles. The molecule has 1 aromatic heterocycles. The number of carbonyl (C=O) groups is 1. The van der Waals surface area contributed by atoms with Crippen LogP contribution in [0.25, 0.3) is 0 Å². The molecule has 3 aromatic rings. The van der Waals surface area contributed by atoms with E-state index >= 15 is 0 Å². The largest absolute Gasteiger partial charge is 0.489 e. The van der Waals surface area contributed by atoms with Crippen LogP contribution in [0, 0.1) is 0 Å². The zero-order valence-corrected chi connectivity index (χ0v) is 14.8. The Morgan fingerprint density at radius 2 is 1.96 bits per heavy atom. The fraction of sp³-hybridized carbons (Fsp3) is 0.0556. The summed E-state index contributed by atoms with van der Waals surface area (Å²) < 4.78 is 11.8. The van der Waals surface area contributed by atoms with Gasteiger partial charge in [-0.05, 0) is 36.4 Å². The number of para-hydroxylation sites is 1. The van der Waals surface area contributed by atoms with Crippen LogP contribution in [0.4, 0.5) is 5.69 Å². The van der Waals surface area contributed by atoms with Crippen molar-refractivity contribution in [2.45, 2.75) is 6.61 Å². The first kappa shape index (κ1) is 16.6. The number of hydrogen-bond donors (Lipinski definition) is 1. The third-order valence-electron chi connectivity index (χ3n) is 3.27. The zero-order chi connectivity index (χ0) is 16.9. The monoisotopic (exact) mass is 405 g/mol. The first-order valence-corrected chi connectivity index (χ1v) is 8.31. The fourth-order valence-electron chi connectivity index (χ4n) is 2.10.